The molecule has 98 valence electrons. The van der Waals surface area contributed by atoms with Crippen molar-refractivity contribution in [3.63, 3.8) is 0 Å². The Balaban J connectivity index is 1.98. The molecule has 0 saturated carbocycles. The van der Waals surface area contributed by atoms with Gasteiger partial charge in [0, 0.05) is 5.56 Å². The molecule has 3 aromatic rings. The Labute approximate surface area is 114 Å². The fraction of sp³-hybridized carbons (Fsp3) is 0. The summed E-state index contributed by atoms with van der Waals surface area (Å²) >= 11 is 0. The van der Waals surface area contributed by atoms with Crippen LogP contribution in [0.3, 0.4) is 0 Å². The topological polar surface area (TPSA) is 80.9 Å². The van der Waals surface area contributed by atoms with Gasteiger partial charge in [-0.25, -0.2) is 9.78 Å². The number of benzene rings is 1. The van der Waals surface area contributed by atoms with Crippen LogP contribution >= 0.6 is 0 Å². The molecule has 6 heteroatoms. The SMILES string of the molecule is O=C(O)c1cncn1-c1ccc(-c2ccccc2)nn1. The zero-order valence-corrected chi connectivity index (χ0v) is 10.3. The van der Waals surface area contributed by atoms with Crippen LogP contribution in [0.2, 0.25) is 0 Å². The maximum absolute atomic E-state index is 11.0. The molecule has 0 bridgehead atoms. The fourth-order valence-corrected chi connectivity index (χ4v) is 1.85. The summed E-state index contributed by atoms with van der Waals surface area (Å²) in [5, 5.41) is 17.2. The van der Waals surface area contributed by atoms with Gasteiger partial charge in [-0.1, -0.05) is 30.3 Å². The molecule has 0 aliphatic rings. The standard InChI is InChI=1S/C14H10N4O2/c19-14(20)12-8-15-9-18(12)13-7-6-11(16-17-13)10-4-2-1-3-5-10/h1-9H,(H,19,20). The highest BCUT2D eigenvalue weighted by Crippen LogP contribution is 2.16. The Hall–Kier alpha value is -3.02. The third kappa shape index (κ3) is 2.14. The summed E-state index contributed by atoms with van der Waals surface area (Å²) in [5.41, 5.74) is 1.73. The molecule has 20 heavy (non-hydrogen) atoms. The van der Waals surface area contributed by atoms with Gasteiger partial charge >= 0.3 is 5.97 Å². The van der Waals surface area contributed by atoms with E-state index in [2.05, 4.69) is 15.2 Å². The predicted octanol–water partition coefficient (Wildman–Crippen LogP) is 2.03. The lowest BCUT2D eigenvalue weighted by Crippen LogP contribution is -2.07. The van der Waals surface area contributed by atoms with Crippen LogP contribution in [0.15, 0.2) is 55.0 Å². The average molecular weight is 266 g/mol. The smallest absolute Gasteiger partial charge is 0.354 e. The molecule has 0 unspecified atom stereocenters. The summed E-state index contributed by atoms with van der Waals surface area (Å²) in [4.78, 5) is 14.9. The van der Waals surface area contributed by atoms with Gasteiger partial charge in [0.2, 0.25) is 0 Å². The number of imidazole rings is 1. The number of rotatable bonds is 3. The van der Waals surface area contributed by atoms with Gasteiger partial charge < -0.3 is 5.11 Å². The Morgan fingerprint density at radius 1 is 1.05 bits per heavy atom. The first-order valence-electron chi connectivity index (χ1n) is 5.91. The van der Waals surface area contributed by atoms with Gasteiger partial charge in [0.25, 0.3) is 0 Å². The van der Waals surface area contributed by atoms with Crippen molar-refractivity contribution in [2.24, 2.45) is 0 Å². The Kier molecular flexibility index (Phi) is 2.96. The normalized spacial score (nSPS) is 10.4. The van der Waals surface area contributed by atoms with Gasteiger partial charge in [0.15, 0.2) is 11.5 Å². The van der Waals surface area contributed by atoms with Gasteiger partial charge in [-0.3, -0.25) is 4.57 Å². The lowest BCUT2D eigenvalue weighted by molar-refractivity contribution is 0.0688. The van der Waals surface area contributed by atoms with Gasteiger partial charge in [-0.05, 0) is 12.1 Å². The first kappa shape index (κ1) is 12.0. The van der Waals surface area contributed by atoms with Crippen molar-refractivity contribution in [1.29, 1.82) is 0 Å². The number of carboxylic acid groups (broad SMARTS) is 1. The summed E-state index contributed by atoms with van der Waals surface area (Å²) in [7, 11) is 0. The third-order valence-corrected chi connectivity index (χ3v) is 2.82. The molecule has 0 aliphatic carbocycles. The van der Waals surface area contributed by atoms with Crippen LogP contribution in [0.1, 0.15) is 10.5 Å². The zero-order valence-electron chi connectivity index (χ0n) is 10.3. The molecule has 0 aliphatic heterocycles. The van der Waals surface area contributed by atoms with E-state index in [0.29, 0.717) is 5.82 Å². The second-order valence-electron chi connectivity index (χ2n) is 4.10. The molecule has 0 saturated heterocycles. The van der Waals surface area contributed by atoms with Gasteiger partial charge in [0.05, 0.1) is 11.9 Å². The number of carboxylic acids is 1. The molecule has 1 N–H and O–H groups in total. The van der Waals surface area contributed by atoms with Crippen molar-refractivity contribution in [1.82, 2.24) is 19.7 Å². The van der Waals surface area contributed by atoms with Crippen molar-refractivity contribution in [2.75, 3.05) is 0 Å². The van der Waals surface area contributed by atoms with E-state index in [0.717, 1.165) is 11.3 Å². The summed E-state index contributed by atoms with van der Waals surface area (Å²) in [6.07, 6.45) is 2.67. The lowest BCUT2D eigenvalue weighted by Gasteiger charge is -2.04. The highest BCUT2D eigenvalue weighted by molar-refractivity contribution is 5.86. The molecule has 6 nitrogen and oxygen atoms in total. The van der Waals surface area contributed by atoms with Crippen LogP contribution in [-0.4, -0.2) is 30.8 Å². The first-order valence-corrected chi connectivity index (χ1v) is 5.91. The Bertz CT molecular complexity index is 735. The minimum absolute atomic E-state index is 0.0479. The van der Waals surface area contributed by atoms with Crippen LogP contribution in [0.4, 0.5) is 0 Å². The van der Waals surface area contributed by atoms with Crippen molar-refractivity contribution < 1.29 is 9.90 Å². The number of aromatic nitrogens is 4. The van der Waals surface area contributed by atoms with E-state index in [4.69, 9.17) is 5.11 Å². The largest absolute Gasteiger partial charge is 0.477 e. The summed E-state index contributed by atoms with van der Waals surface area (Å²) < 4.78 is 1.38. The van der Waals surface area contributed by atoms with Crippen molar-refractivity contribution in [3.05, 3.63) is 60.7 Å². The average Bonchev–Trinajstić information content (AvgIpc) is 2.98. The van der Waals surface area contributed by atoms with E-state index >= 15 is 0 Å². The molecule has 0 amide bonds. The molecule has 0 radical (unpaired) electrons. The summed E-state index contributed by atoms with van der Waals surface area (Å²) in [5.74, 6) is -0.643. The minimum Gasteiger partial charge on any atom is -0.477 e. The number of hydrogen-bond donors (Lipinski definition) is 1. The highest BCUT2D eigenvalue weighted by atomic mass is 16.4. The van der Waals surface area contributed by atoms with Gasteiger partial charge in [-0.2, -0.15) is 0 Å². The van der Waals surface area contributed by atoms with E-state index in [-0.39, 0.29) is 5.69 Å². The molecular formula is C14H10N4O2. The molecule has 0 fully saturated rings. The highest BCUT2D eigenvalue weighted by Gasteiger charge is 2.12. The molecule has 1 aromatic carbocycles. The monoisotopic (exact) mass is 266 g/mol. The number of nitrogens with zero attached hydrogens (tertiary/aromatic N) is 4. The van der Waals surface area contributed by atoms with Crippen molar-refractivity contribution in [2.45, 2.75) is 0 Å². The van der Waals surface area contributed by atoms with Crippen LogP contribution in [0.25, 0.3) is 17.1 Å². The molecule has 2 aromatic heterocycles. The fourth-order valence-electron chi connectivity index (χ4n) is 1.85. The van der Waals surface area contributed by atoms with Crippen LogP contribution in [-0.2, 0) is 0 Å². The second-order valence-corrected chi connectivity index (χ2v) is 4.10. The van der Waals surface area contributed by atoms with Crippen molar-refractivity contribution >= 4 is 5.97 Å². The maximum atomic E-state index is 11.0. The van der Waals surface area contributed by atoms with E-state index in [1.165, 1.54) is 17.1 Å². The summed E-state index contributed by atoms with van der Waals surface area (Å²) in [6.45, 7) is 0. The first-order chi connectivity index (χ1) is 9.75. The number of carbonyl (C=O) groups is 1. The van der Waals surface area contributed by atoms with Crippen LogP contribution in [0.5, 0.6) is 0 Å². The quantitative estimate of drug-likeness (QED) is 0.784. The van der Waals surface area contributed by atoms with E-state index < -0.39 is 5.97 Å². The van der Waals surface area contributed by atoms with Gasteiger partial charge in [-0.15, -0.1) is 10.2 Å². The molecule has 0 atom stereocenters. The van der Waals surface area contributed by atoms with E-state index in [1.54, 1.807) is 12.1 Å². The number of aromatic carboxylic acids is 1. The summed E-state index contributed by atoms with van der Waals surface area (Å²) in [6, 6.07) is 13.1. The minimum atomic E-state index is -1.06. The zero-order chi connectivity index (χ0) is 13.9. The molecule has 0 spiro atoms. The van der Waals surface area contributed by atoms with Crippen LogP contribution < -0.4 is 0 Å². The third-order valence-electron chi connectivity index (χ3n) is 2.82. The molecule has 3 rings (SSSR count). The van der Waals surface area contributed by atoms with E-state index in [9.17, 15) is 4.79 Å². The lowest BCUT2D eigenvalue weighted by atomic mass is 10.1. The molecule has 2 heterocycles. The number of hydrogen-bond acceptors (Lipinski definition) is 4. The second kappa shape index (κ2) is 4.93. The maximum Gasteiger partial charge on any atom is 0.354 e. The van der Waals surface area contributed by atoms with Gasteiger partial charge in [0.1, 0.15) is 6.33 Å². The van der Waals surface area contributed by atoms with Crippen molar-refractivity contribution in [3.8, 4) is 17.1 Å². The Morgan fingerprint density at radius 3 is 2.50 bits per heavy atom. The predicted molar refractivity (Wildman–Crippen MR) is 71.5 cm³/mol. The molecular weight excluding hydrogens is 256 g/mol. The Morgan fingerprint density at radius 2 is 1.85 bits per heavy atom. The van der Waals surface area contributed by atoms with Crippen LogP contribution in [0, 0.1) is 0 Å². The van der Waals surface area contributed by atoms with E-state index in [1.807, 2.05) is 30.3 Å².